The normalized spacial score (nSPS) is 10.8. The van der Waals surface area contributed by atoms with E-state index in [2.05, 4.69) is 10.4 Å². The highest BCUT2D eigenvalue weighted by Gasteiger charge is 2.13. The number of furan rings is 1. The first-order valence-electron chi connectivity index (χ1n) is 9.84. The Kier molecular flexibility index (Phi) is 5.84. The topological polar surface area (TPSA) is 69.3 Å². The van der Waals surface area contributed by atoms with Crippen molar-refractivity contribution in [3.8, 4) is 5.75 Å². The summed E-state index contributed by atoms with van der Waals surface area (Å²) in [5.41, 5.74) is 3.12. The second kappa shape index (κ2) is 8.87. The number of benzene rings is 2. The highest BCUT2D eigenvalue weighted by Crippen LogP contribution is 2.19. The number of rotatable bonds is 7. The van der Waals surface area contributed by atoms with Crippen LogP contribution in [0.4, 0.5) is 10.2 Å². The monoisotopic (exact) mass is 419 g/mol. The summed E-state index contributed by atoms with van der Waals surface area (Å²) in [6.07, 6.45) is 1.71. The molecule has 0 unspecified atom stereocenters. The van der Waals surface area contributed by atoms with Crippen LogP contribution < -0.4 is 10.1 Å². The number of nitrogens with one attached hydrogen (secondary N) is 1. The van der Waals surface area contributed by atoms with Crippen molar-refractivity contribution in [3.05, 3.63) is 101 Å². The van der Waals surface area contributed by atoms with Crippen LogP contribution in [0, 0.1) is 19.7 Å². The van der Waals surface area contributed by atoms with E-state index in [1.807, 2.05) is 38.1 Å². The van der Waals surface area contributed by atoms with Crippen LogP contribution in [0.1, 0.15) is 33.0 Å². The number of amides is 1. The Morgan fingerprint density at radius 2 is 1.97 bits per heavy atom. The van der Waals surface area contributed by atoms with Crippen molar-refractivity contribution >= 4 is 11.7 Å². The molecule has 0 spiro atoms. The standard InChI is InChI=1S/C24H22FN3O3/c1-16-6-7-20(12-17(16)2)30-15-21-8-9-22(31-21)24(29)26-23-10-11-28(27-23)14-18-4-3-5-19(25)13-18/h3-13H,14-15H2,1-2H3,(H,26,27,29). The van der Waals surface area contributed by atoms with Crippen molar-refractivity contribution < 1.29 is 18.3 Å². The van der Waals surface area contributed by atoms with Gasteiger partial charge in [-0.15, -0.1) is 0 Å². The number of halogens is 1. The van der Waals surface area contributed by atoms with Crippen molar-refractivity contribution in [2.75, 3.05) is 5.32 Å². The molecule has 2 aromatic carbocycles. The van der Waals surface area contributed by atoms with Gasteiger partial charge in [-0.1, -0.05) is 18.2 Å². The molecule has 0 radical (unpaired) electrons. The van der Waals surface area contributed by atoms with Gasteiger partial charge in [0.1, 0.15) is 23.9 Å². The molecular formula is C24H22FN3O3. The van der Waals surface area contributed by atoms with Gasteiger partial charge < -0.3 is 14.5 Å². The van der Waals surface area contributed by atoms with E-state index in [0.29, 0.717) is 18.1 Å². The number of carbonyl (C=O) groups is 1. The Balaban J connectivity index is 1.33. The van der Waals surface area contributed by atoms with Crippen LogP contribution in [0.2, 0.25) is 0 Å². The van der Waals surface area contributed by atoms with Crippen molar-refractivity contribution in [1.82, 2.24) is 9.78 Å². The number of anilines is 1. The minimum Gasteiger partial charge on any atom is -0.486 e. The fourth-order valence-corrected chi connectivity index (χ4v) is 3.05. The molecule has 158 valence electrons. The summed E-state index contributed by atoms with van der Waals surface area (Å²) >= 11 is 0. The van der Waals surface area contributed by atoms with Crippen LogP contribution in [0.25, 0.3) is 0 Å². The molecule has 2 heterocycles. The maximum absolute atomic E-state index is 13.3. The van der Waals surface area contributed by atoms with Crippen molar-refractivity contribution in [1.29, 1.82) is 0 Å². The van der Waals surface area contributed by atoms with Gasteiger partial charge >= 0.3 is 0 Å². The fraction of sp³-hybridized carbons (Fsp3) is 0.167. The second-order valence-electron chi connectivity index (χ2n) is 7.28. The van der Waals surface area contributed by atoms with E-state index in [-0.39, 0.29) is 18.2 Å². The van der Waals surface area contributed by atoms with E-state index >= 15 is 0 Å². The first-order chi connectivity index (χ1) is 15.0. The number of aryl methyl sites for hydroxylation is 2. The lowest BCUT2D eigenvalue weighted by molar-refractivity contribution is 0.0992. The van der Waals surface area contributed by atoms with Gasteiger partial charge in [-0.25, -0.2) is 4.39 Å². The van der Waals surface area contributed by atoms with Crippen LogP contribution >= 0.6 is 0 Å². The van der Waals surface area contributed by atoms with Crippen molar-refractivity contribution in [3.63, 3.8) is 0 Å². The largest absolute Gasteiger partial charge is 0.486 e. The summed E-state index contributed by atoms with van der Waals surface area (Å²) in [4.78, 5) is 12.5. The lowest BCUT2D eigenvalue weighted by Crippen LogP contribution is -2.12. The highest BCUT2D eigenvalue weighted by molar-refractivity contribution is 6.01. The van der Waals surface area contributed by atoms with Crippen molar-refractivity contribution in [2.24, 2.45) is 0 Å². The Morgan fingerprint density at radius 1 is 1.10 bits per heavy atom. The molecule has 1 N–H and O–H groups in total. The zero-order valence-electron chi connectivity index (χ0n) is 17.3. The van der Waals surface area contributed by atoms with Crippen LogP contribution in [0.3, 0.4) is 0 Å². The summed E-state index contributed by atoms with van der Waals surface area (Å²) in [6.45, 7) is 4.68. The van der Waals surface area contributed by atoms with Crippen LogP contribution in [-0.4, -0.2) is 15.7 Å². The first-order valence-corrected chi connectivity index (χ1v) is 9.84. The molecule has 31 heavy (non-hydrogen) atoms. The molecular weight excluding hydrogens is 397 g/mol. The van der Waals surface area contributed by atoms with E-state index in [0.717, 1.165) is 16.9 Å². The zero-order valence-corrected chi connectivity index (χ0v) is 17.3. The molecule has 0 aliphatic carbocycles. The molecule has 0 aliphatic rings. The number of nitrogens with zero attached hydrogens (tertiary/aromatic N) is 2. The van der Waals surface area contributed by atoms with Gasteiger partial charge in [-0.05, 0) is 66.9 Å². The minimum atomic E-state index is -0.409. The van der Waals surface area contributed by atoms with E-state index in [4.69, 9.17) is 9.15 Å². The zero-order chi connectivity index (χ0) is 21.8. The van der Waals surface area contributed by atoms with Crippen LogP contribution in [-0.2, 0) is 13.2 Å². The molecule has 6 nitrogen and oxygen atoms in total. The average molecular weight is 419 g/mol. The van der Waals surface area contributed by atoms with Gasteiger partial charge in [0.05, 0.1) is 6.54 Å². The van der Waals surface area contributed by atoms with Gasteiger partial charge in [-0.2, -0.15) is 5.10 Å². The Bertz CT molecular complexity index is 1210. The highest BCUT2D eigenvalue weighted by atomic mass is 19.1. The SMILES string of the molecule is Cc1ccc(OCc2ccc(C(=O)Nc3ccn(Cc4cccc(F)c4)n3)o2)cc1C. The Labute approximate surface area is 179 Å². The van der Waals surface area contributed by atoms with Gasteiger partial charge in [0.2, 0.25) is 0 Å². The van der Waals surface area contributed by atoms with Crippen LogP contribution in [0.5, 0.6) is 5.75 Å². The maximum Gasteiger partial charge on any atom is 0.292 e. The lowest BCUT2D eigenvalue weighted by atomic mass is 10.1. The van der Waals surface area contributed by atoms with Crippen molar-refractivity contribution in [2.45, 2.75) is 27.0 Å². The molecule has 4 rings (SSSR count). The molecule has 0 saturated heterocycles. The predicted octanol–water partition coefficient (Wildman–Crippen LogP) is 5.11. The quantitative estimate of drug-likeness (QED) is 0.452. The fourth-order valence-electron chi connectivity index (χ4n) is 3.05. The van der Waals surface area contributed by atoms with E-state index in [1.54, 1.807) is 35.1 Å². The summed E-state index contributed by atoms with van der Waals surface area (Å²) in [7, 11) is 0. The summed E-state index contributed by atoms with van der Waals surface area (Å²) in [5, 5.41) is 6.99. The molecule has 0 bridgehead atoms. The third-order valence-corrected chi connectivity index (χ3v) is 4.86. The van der Waals surface area contributed by atoms with E-state index in [9.17, 15) is 9.18 Å². The number of carbonyl (C=O) groups excluding carboxylic acids is 1. The third-order valence-electron chi connectivity index (χ3n) is 4.86. The smallest absolute Gasteiger partial charge is 0.292 e. The third kappa shape index (κ3) is 5.19. The molecule has 0 saturated carbocycles. The number of hydrogen-bond acceptors (Lipinski definition) is 4. The van der Waals surface area contributed by atoms with Gasteiger partial charge in [-0.3, -0.25) is 9.48 Å². The van der Waals surface area contributed by atoms with Crippen LogP contribution in [0.15, 0.2) is 71.3 Å². The minimum absolute atomic E-state index is 0.165. The molecule has 7 heteroatoms. The molecule has 0 aliphatic heterocycles. The molecule has 0 fully saturated rings. The Morgan fingerprint density at radius 3 is 2.77 bits per heavy atom. The summed E-state index contributed by atoms with van der Waals surface area (Å²) in [6, 6.07) is 17.1. The first kappa shape index (κ1) is 20.4. The Hall–Kier alpha value is -3.87. The molecule has 2 aromatic heterocycles. The predicted molar refractivity (Wildman–Crippen MR) is 115 cm³/mol. The van der Waals surface area contributed by atoms with Gasteiger partial charge in [0, 0.05) is 12.3 Å². The van der Waals surface area contributed by atoms with Gasteiger partial charge in [0.15, 0.2) is 11.6 Å². The molecule has 4 aromatic rings. The van der Waals surface area contributed by atoms with Gasteiger partial charge in [0.25, 0.3) is 5.91 Å². The molecule has 1 amide bonds. The number of hydrogen-bond donors (Lipinski definition) is 1. The second-order valence-corrected chi connectivity index (χ2v) is 7.28. The summed E-state index contributed by atoms with van der Waals surface area (Å²) in [5.74, 6) is 1.13. The maximum atomic E-state index is 13.3. The summed E-state index contributed by atoms with van der Waals surface area (Å²) < 4.78 is 26.3. The number of ether oxygens (including phenoxy) is 1. The number of aromatic nitrogens is 2. The van der Waals surface area contributed by atoms with E-state index < -0.39 is 5.91 Å². The molecule has 0 atom stereocenters. The average Bonchev–Trinajstić information content (AvgIpc) is 3.38. The van der Waals surface area contributed by atoms with E-state index in [1.165, 1.54) is 17.7 Å². The lowest BCUT2D eigenvalue weighted by Gasteiger charge is -2.06.